The lowest BCUT2D eigenvalue weighted by Crippen LogP contribution is -2.52. The smallest absolute Gasteiger partial charge is 0.0759 e. The number of fused-ring (bicyclic) bond motifs is 6. The van der Waals surface area contributed by atoms with Crippen LogP contribution in [0.5, 0.6) is 0 Å². The molecule has 0 heterocycles. The zero-order chi connectivity index (χ0) is 16.7. The Morgan fingerprint density at radius 1 is 1.04 bits per heavy atom. The molecule has 1 heteroatoms. The van der Waals surface area contributed by atoms with Gasteiger partial charge in [0.2, 0.25) is 0 Å². The lowest BCUT2D eigenvalue weighted by atomic mass is 9.45. The van der Waals surface area contributed by atoms with Crippen LogP contribution >= 0.6 is 0 Å². The van der Waals surface area contributed by atoms with E-state index in [1.54, 1.807) is 5.57 Å². The molecule has 0 radical (unpaired) electrons. The Bertz CT molecular complexity index is 577. The molecule has 0 aromatic heterocycles. The SMILES string of the molecule is CCC[C@H]1CCC2C3CC[C@H]4CC(O)C5=C(C5)[C@]4(C)C3CC[C@@]21C. The van der Waals surface area contributed by atoms with Gasteiger partial charge in [0.15, 0.2) is 0 Å². The van der Waals surface area contributed by atoms with Crippen molar-refractivity contribution in [2.24, 2.45) is 40.4 Å². The first kappa shape index (κ1) is 15.9. The predicted octanol–water partition coefficient (Wildman–Crippen LogP) is 5.73. The van der Waals surface area contributed by atoms with E-state index >= 15 is 0 Å². The zero-order valence-electron chi connectivity index (χ0n) is 16.0. The molecule has 0 aliphatic heterocycles. The molecule has 3 fully saturated rings. The lowest BCUT2D eigenvalue weighted by molar-refractivity contribution is -0.0878. The summed E-state index contributed by atoms with van der Waals surface area (Å²) in [5, 5.41) is 10.4. The van der Waals surface area contributed by atoms with Crippen LogP contribution in [0.1, 0.15) is 85.0 Å². The quantitative estimate of drug-likeness (QED) is 0.642. The molecular formula is C23H36O. The van der Waals surface area contributed by atoms with Crippen molar-refractivity contribution in [3.05, 3.63) is 11.1 Å². The molecule has 5 aliphatic carbocycles. The van der Waals surface area contributed by atoms with Gasteiger partial charge >= 0.3 is 0 Å². The van der Waals surface area contributed by atoms with Crippen molar-refractivity contribution in [1.82, 2.24) is 0 Å². The summed E-state index contributed by atoms with van der Waals surface area (Å²) in [4.78, 5) is 0. The highest BCUT2D eigenvalue weighted by Gasteiger charge is 2.63. The van der Waals surface area contributed by atoms with Gasteiger partial charge < -0.3 is 5.11 Å². The van der Waals surface area contributed by atoms with Gasteiger partial charge in [-0.1, -0.05) is 39.2 Å². The summed E-state index contributed by atoms with van der Waals surface area (Å²) in [5.41, 5.74) is 4.28. The summed E-state index contributed by atoms with van der Waals surface area (Å²) in [6, 6.07) is 0. The van der Waals surface area contributed by atoms with Crippen LogP contribution in [-0.2, 0) is 0 Å². The maximum atomic E-state index is 10.4. The Hall–Kier alpha value is -0.300. The third-order valence-corrected chi connectivity index (χ3v) is 9.93. The maximum Gasteiger partial charge on any atom is 0.0759 e. The van der Waals surface area contributed by atoms with Crippen molar-refractivity contribution < 1.29 is 5.11 Å². The van der Waals surface area contributed by atoms with Gasteiger partial charge in [0, 0.05) is 0 Å². The van der Waals surface area contributed by atoms with Crippen LogP contribution in [0.2, 0.25) is 0 Å². The lowest BCUT2D eigenvalue weighted by Gasteiger charge is -2.59. The van der Waals surface area contributed by atoms with Gasteiger partial charge in [-0.25, -0.2) is 0 Å². The van der Waals surface area contributed by atoms with E-state index in [9.17, 15) is 5.11 Å². The van der Waals surface area contributed by atoms with E-state index in [-0.39, 0.29) is 6.10 Å². The largest absolute Gasteiger partial charge is 0.389 e. The minimum atomic E-state index is -0.0797. The second-order valence-electron chi connectivity index (χ2n) is 10.5. The first-order valence-corrected chi connectivity index (χ1v) is 10.9. The molecule has 0 bridgehead atoms. The third-order valence-electron chi connectivity index (χ3n) is 9.93. The first-order valence-electron chi connectivity index (χ1n) is 10.9. The molecule has 0 amide bonds. The van der Waals surface area contributed by atoms with E-state index in [1.165, 1.54) is 63.4 Å². The van der Waals surface area contributed by atoms with Crippen molar-refractivity contribution in [1.29, 1.82) is 0 Å². The Balaban J connectivity index is 1.47. The van der Waals surface area contributed by atoms with E-state index in [0.717, 1.165) is 36.0 Å². The Morgan fingerprint density at radius 3 is 2.67 bits per heavy atom. The van der Waals surface area contributed by atoms with Crippen LogP contribution in [0, 0.1) is 40.4 Å². The van der Waals surface area contributed by atoms with Crippen LogP contribution in [0.3, 0.4) is 0 Å². The minimum Gasteiger partial charge on any atom is -0.389 e. The first-order chi connectivity index (χ1) is 11.5. The van der Waals surface area contributed by atoms with Gasteiger partial charge in [-0.05, 0) is 97.4 Å². The zero-order valence-corrected chi connectivity index (χ0v) is 16.0. The van der Waals surface area contributed by atoms with E-state index in [1.807, 2.05) is 0 Å². The third kappa shape index (κ3) is 1.86. The number of hydrogen-bond donors (Lipinski definition) is 1. The van der Waals surface area contributed by atoms with E-state index in [0.29, 0.717) is 10.8 Å². The normalized spacial score (nSPS) is 55.5. The Kier molecular flexibility index (Phi) is 3.39. The van der Waals surface area contributed by atoms with Gasteiger partial charge in [-0.3, -0.25) is 0 Å². The molecule has 5 rings (SSSR count). The highest BCUT2D eigenvalue weighted by molar-refractivity contribution is 5.47. The molecule has 0 saturated heterocycles. The molecule has 8 atom stereocenters. The number of aliphatic hydroxyl groups is 1. The summed E-state index contributed by atoms with van der Waals surface area (Å²) in [6.45, 7) is 7.66. The van der Waals surface area contributed by atoms with Gasteiger partial charge in [0.25, 0.3) is 0 Å². The van der Waals surface area contributed by atoms with Crippen molar-refractivity contribution in [3.8, 4) is 0 Å². The molecule has 1 N–H and O–H groups in total. The average Bonchev–Trinajstić information content (AvgIpc) is 3.30. The fourth-order valence-electron chi connectivity index (χ4n) is 8.61. The second-order valence-corrected chi connectivity index (χ2v) is 10.5. The van der Waals surface area contributed by atoms with Crippen LogP contribution in [0.4, 0.5) is 0 Å². The molecule has 1 nitrogen and oxygen atoms in total. The second kappa shape index (κ2) is 5.12. The topological polar surface area (TPSA) is 20.2 Å². The molecule has 0 aromatic rings. The predicted molar refractivity (Wildman–Crippen MR) is 98.5 cm³/mol. The molecule has 24 heavy (non-hydrogen) atoms. The standard InChI is InChI=1S/C23H36O/c1-4-5-14-7-9-18-16-8-6-15-12-21(24)17-13-20(17)23(15,3)19(16)10-11-22(14,18)2/h14-16,18-19,21,24H,4-13H2,1-3H3/t14-,15-,16?,18?,19?,21?,22+,23-/m0/s1. The average molecular weight is 329 g/mol. The minimum absolute atomic E-state index is 0.0797. The van der Waals surface area contributed by atoms with E-state index < -0.39 is 0 Å². The fourth-order valence-corrected chi connectivity index (χ4v) is 8.61. The summed E-state index contributed by atoms with van der Waals surface area (Å²) in [6.07, 6.45) is 13.8. The Labute approximate surface area is 148 Å². The number of rotatable bonds is 2. The van der Waals surface area contributed by atoms with E-state index in [2.05, 4.69) is 20.8 Å². The molecular weight excluding hydrogens is 292 g/mol. The van der Waals surface area contributed by atoms with Gasteiger partial charge in [-0.15, -0.1) is 0 Å². The summed E-state index contributed by atoms with van der Waals surface area (Å²) < 4.78 is 0. The van der Waals surface area contributed by atoms with Gasteiger partial charge in [-0.2, -0.15) is 0 Å². The van der Waals surface area contributed by atoms with Crippen LogP contribution in [-0.4, -0.2) is 11.2 Å². The molecule has 3 saturated carbocycles. The molecule has 0 spiro atoms. The summed E-state index contributed by atoms with van der Waals surface area (Å²) >= 11 is 0. The molecule has 5 aliphatic rings. The number of aliphatic hydroxyl groups excluding tert-OH is 1. The molecule has 134 valence electrons. The van der Waals surface area contributed by atoms with Crippen molar-refractivity contribution >= 4 is 0 Å². The van der Waals surface area contributed by atoms with Crippen molar-refractivity contribution in [2.75, 3.05) is 0 Å². The molecule has 4 unspecified atom stereocenters. The number of allylic oxidation sites excluding steroid dienone is 1. The van der Waals surface area contributed by atoms with Crippen LogP contribution in [0.25, 0.3) is 0 Å². The Morgan fingerprint density at radius 2 is 1.88 bits per heavy atom. The van der Waals surface area contributed by atoms with Crippen molar-refractivity contribution in [3.63, 3.8) is 0 Å². The molecule has 0 aromatic carbocycles. The van der Waals surface area contributed by atoms with Crippen LogP contribution < -0.4 is 0 Å². The fraction of sp³-hybridized carbons (Fsp3) is 0.913. The van der Waals surface area contributed by atoms with Crippen molar-refractivity contribution in [2.45, 2.75) is 91.1 Å². The van der Waals surface area contributed by atoms with Gasteiger partial charge in [0.05, 0.1) is 6.10 Å². The highest BCUT2D eigenvalue weighted by Crippen LogP contribution is 2.71. The van der Waals surface area contributed by atoms with Crippen LogP contribution in [0.15, 0.2) is 11.1 Å². The maximum absolute atomic E-state index is 10.4. The monoisotopic (exact) mass is 328 g/mol. The summed E-state index contributed by atoms with van der Waals surface area (Å²) in [5.74, 6) is 4.68. The number of hydrogen-bond acceptors (Lipinski definition) is 1. The van der Waals surface area contributed by atoms with E-state index in [4.69, 9.17) is 0 Å². The highest BCUT2D eigenvalue weighted by atomic mass is 16.3. The summed E-state index contributed by atoms with van der Waals surface area (Å²) in [7, 11) is 0. The van der Waals surface area contributed by atoms with Gasteiger partial charge in [0.1, 0.15) is 0 Å².